The number of rotatable bonds is 8. The number of ether oxygens (including phenoxy) is 3. The lowest BCUT2D eigenvalue weighted by Crippen LogP contribution is -2.53. The molecule has 15 heteroatoms. The van der Waals surface area contributed by atoms with Gasteiger partial charge in [0.1, 0.15) is 18.1 Å². The van der Waals surface area contributed by atoms with E-state index in [-0.39, 0.29) is 23.0 Å². The quantitative estimate of drug-likeness (QED) is 0.314. The van der Waals surface area contributed by atoms with Crippen molar-refractivity contribution in [3.63, 3.8) is 0 Å². The molecule has 2 aromatic carbocycles. The van der Waals surface area contributed by atoms with Gasteiger partial charge in [-0.1, -0.05) is 0 Å². The van der Waals surface area contributed by atoms with Gasteiger partial charge in [-0.25, -0.2) is 9.37 Å². The highest BCUT2D eigenvalue weighted by molar-refractivity contribution is 5.95. The summed E-state index contributed by atoms with van der Waals surface area (Å²) >= 11 is 0. The molecule has 230 valence electrons. The molecule has 8 nitrogen and oxygen atoms in total. The molecule has 1 aliphatic heterocycles. The predicted octanol–water partition coefficient (Wildman–Crippen LogP) is 4.73. The average molecular weight is 616 g/mol. The minimum absolute atomic E-state index is 0.00927. The Hall–Kier alpha value is -4.11. The number of hydrogen-bond donors (Lipinski definition) is 3. The van der Waals surface area contributed by atoms with Crippen LogP contribution < -0.4 is 25.3 Å². The fraction of sp³-hybridized carbons (Fsp3) is 0.357. The Morgan fingerprint density at radius 1 is 1.09 bits per heavy atom. The molecule has 4 N–H and O–H groups in total. The highest BCUT2D eigenvalue weighted by atomic mass is 19.4. The van der Waals surface area contributed by atoms with E-state index < -0.39 is 71.1 Å². The first-order chi connectivity index (χ1) is 20.1. The summed E-state index contributed by atoms with van der Waals surface area (Å²) in [5.41, 5.74) is -4.66. The molecule has 0 spiro atoms. The number of aliphatic hydroxyl groups is 1. The topological polar surface area (TPSA) is 116 Å². The summed E-state index contributed by atoms with van der Waals surface area (Å²) in [6.07, 6.45) is -9.08. The second-order valence-electron chi connectivity index (χ2n) is 10.2. The first-order valence-electron chi connectivity index (χ1n) is 12.8. The first-order valence-corrected chi connectivity index (χ1v) is 12.8. The molecular weight excluding hydrogens is 591 g/mol. The fourth-order valence-corrected chi connectivity index (χ4v) is 4.44. The molecule has 2 heterocycles. The molecule has 0 radical (unpaired) electrons. The fourth-order valence-electron chi connectivity index (χ4n) is 4.44. The molecule has 43 heavy (non-hydrogen) atoms. The zero-order valence-corrected chi connectivity index (χ0v) is 22.3. The molecule has 3 aromatic rings. The van der Waals surface area contributed by atoms with Crippen LogP contribution in [0.5, 0.6) is 17.2 Å². The number of aromatic nitrogens is 1. The van der Waals surface area contributed by atoms with Gasteiger partial charge in [0.2, 0.25) is 5.60 Å². The zero-order valence-electron chi connectivity index (χ0n) is 22.3. The van der Waals surface area contributed by atoms with Gasteiger partial charge in [-0.3, -0.25) is 4.79 Å². The maximum atomic E-state index is 14.5. The maximum absolute atomic E-state index is 14.5. The number of alkyl halides is 6. The van der Waals surface area contributed by atoms with Gasteiger partial charge >= 0.3 is 12.4 Å². The van der Waals surface area contributed by atoms with E-state index in [0.717, 1.165) is 37.1 Å². The largest absolute Gasteiger partial charge is 0.493 e. The lowest BCUT2D eigenvalue weighted by Gasteiger charge is -2.32. The number of fused-ring (bicyclic) bond motifs is 1. The maximum Gasteiger partial charge on any atom is 0.424 e. The van der Waals surface area contributed by atoms with Crippen LogP contribution in [0.4, 0.5) is 30.7 Å². The van der Waals surface area contributed by atoms with Gasteiger partial charge < -0.3 is 30.4 Å². The highest BCUT2D eigenvalue weighted by Gasteiger charge is 2.61. The van der Waals surface area contributed by atoms with E-state index in [2.05, 4.69) is 4.98 Å². The number of pyridine rings is 1. The molecule has 1 unspecified atom stereocenters. The summed E-state index contributed by atoms with van der Waals surface area (Å²) in [6, 6.07) is 8.20. The van der Waals surface area contributed by atoms with Crippen LogP contribution in [0.2, 0.25) is 0 Å². The predicted molar refractivity (Wildman–Crippen MR) is 136 cm³/mol. The van der Waals surface area contributed by atoms with Crippen LogP contribution in [0, 0.1) is 5.82 Å². The van der Waals surface area contributed by atoms with Gasteiger partial charge in [-0.2, -0.15) is 26.3 Å². The minimum atomic E-state index is -5.56. The number of nitrogens with one attached hydrogen (secondary N) is 1. The molecule has 1 aliphatic carbocycles. The number of carbonyl (C=O) groups excluding carboxylic acids is 1. The Balaban J connectivity index is 1.54. The SMILES string of the molecule is COc1cc(C(=O)NCC(O)(c2cc3c(c(-c4ccc(F)cc4)n2)OC[C@@]3(N)C(F)(F)F)C(F)(F)F)ccc1OC1CC1. The van der Waals surface area contributed by atoms with Crippen LogP contribution in [-0.2, 0) is 11.1 Å². The van der Waals surface area contributed by atoms with Gasteiger partial charge in [-0.15, -0.1) is 0 Å². The van der Waals surface area contributed by atoms with Crippen molar-refractivity contribution in [2.75, 3.05) is 20.3 Å². The van der Waals surface area contributed by atoms with E-state index in [9.17, 15) is 40.6 Å². The average Bonchev–Trinajstić information content (AvgIpc) is 3.70. The minimum Gasteiger partial charge on any atom is -0.493 e. The number of nitrogens with two attached hydrogens (primary N) is 1. The second-order valence-corrected chi connectivity index (χ2v) is 10.2. The van der Waals surface area contributed by atoms with E-state index >= 15 is 0 Å². The Morgan fingerprint density at radius 2 is 1.77 bits per heavy atom. The van der Waals surface area contributed by atoms with E-state index in [4.69, 9.17) is 19.9 Å². The molecule has 1 aromatic heterocycles. The van der Waals surface area contributed by atoms with E-state index in [1.54, 1.807) is 0 Å². The lowest BCUT2D eigenvalue weighted by atomic mass is 9.87. The van der Waals surface area contributed by atoms with Crippen LogP contribution in [0.3, 0.4) is 0 Å². The van der Waals surface area contributed by atoms with Gasteiger partial charge in [0, 0.05) is 16.7 Å². The Morgan fingerprint density at radius 3 is 2.35 bits per heavy atom. The summed E-state index contributed by atoms with van der Waals surface area (Å²) < 4.78 is 115. The number of carbonyl (C=O) groups is 1. The number of benzene rings is 2. The van der Waals surface area contributed by atoms with Gasteiger partial charge in [0.15, 0.2) is 22.8 Å². The summed E-state index contributed by atoms with van der Waals surface area (Å²) in [5.74, 6) is -1.92. The van der Waals surface area contributed by atoms with Crippen molar-refractivity contribution in [3.05, 3.63) is 71.2 Å². The third-order valence-corrected chi connectivity index (χ3v) is 7.16. The monoisotopic (exact) mass is 615 g/mol. The molecule has 1 fully saturated rings. The Labute approximate surface area is 239 Å². The molecule has 2 aliphatic rings. The highest BCUT2D eigenvalue weighted by Crippen LogP contribution is 2.51. The van der Waals surface area contributed by atoms with Crippen molar-refractivity contribution >= 4 is 5.91 Å². The number of amides is 1. The molecule has 2 atom stereocenters. The smallest absolute Gasteiger partial charge is 0.424 e. The molecule has 0 bridgehead atoms. The van der Waals surface area contributed by atoms with E-state index in [1.807, 2.05) is 5.32 Å². The molecule has 0 saturated heterocycles. The Bertz CT molecular complexity index is 1540. The van der Waals surface area contributed by atoms with Gasteiger partial charge in [0.05, 0.1) is 25.5 Å². The zero-order chi connectivity index (χ0) is 31.4. The molecular formula is C28H24F7N3O5. The normalized spacial score (nSPS) is 19.7. The molecule has 5 rings (SSSR count). The van der Waals surface area contributed by atoms with Crippen molar-refractivity contribution in [2.45, 2.75) is 42.4 Å². The van der Waals surface area contributed by atoms with Crippen molar-refractivity contribution < 1.29 is 54.8 Å². The van der Waals surface area contributed by atoms with Gasteiger partial charge in [0.25, 0.3) is 5.91 Å². The number of halogens is 7. The van der Waals surface area contributed by atoms with Crippen molar-refractivity contribution in [3.8, 4) is 28.5 Å². The Kier molecular flexibility index (Phi) is 7.45. The number of hydrogen-bond acceptors (Lipinski definition) is 7. The van der Waals surface area contributed by atoms with Crippen molar-refractivity contribution in [2.24, 2.45) is 5.73 Å². The van der Waals surface area contributed by atoms with Crippen LogP contribution >= 0.6 is 0 Å². The summed E-state index contributed by atoms with van der Waals surface area (Å²) in [4.78, 5) is 16.7. The van der Waals surface area contributed by atoms with Crippen LogP contribution in [0.15, 0.2) is 48.5 Å². The van der Waals surface area contributed by atoms with Crippen LogP contribution in [-0.4, -0.2) is 54.7 Å². The van der Waals surface area contributed by atoms with E-state index in [0.29, 0.717) is 11.8 Å². The van der Waals surface area contributed by atoms with Crippen LogP contribution in [0.1, 0.15) is 34.5 Å². The summed E-state index contributed by atoms with van der Waals surface area (Å²) in [5, 5.41) is 13.0. The van der Waals surface area contributed by atoms with Crippen LogP contribution in [0.25, 0.3) is 11.3 Å². The van der Waals surface area contributed by atoms with Crippen molar-refractivity contribution in [1.82, 2.24) is 10.3 Å². The third kappa shape index (κ3) is 5.54. The van der Waals surface area contributed by atoms with Gasteiger partial charge in [-0.05, 0) is 61.4 Å². The number of methoxy groups -OCH3 is 1. The number of nitrogens with zero attached hydrogens (tertiary/aromatic N) is 1. The van der Waals surface area contributed by atoms with Crippen molar-refractivity contribution in [1.29, 1.82) is 0 Å². The lowest BCUT2D eigenvalue weighted by molar-refractivity contribution is -0.265. The second kappa shape index (κ2) is 10.6. The standard InChI is InChI=1S/C28H24F7N3O5/c1-41-20-10-15(4-9-19(20)43-17-7-8-17)24(39)37-12-26(40,28(33,34)35)21-11-18-23(42-13-25(18,36)27(30,31)32)22(38-21)14-2-5-16(29)6-3-14/h2-6,9-11,17,40H,7-8,12-13,36H2,1H3,(H,37,39)/t25-,26?/m0/s1. The first kappa shape index (κ1) is 30.4. The summed E-state index contributed by atoms with van der Waals surface area (Å²) in [7, 11) is 1.31. The molecule has 1 saturated carbocycles. The van der Waals surface area contributed by atoms with E-state index in [1.165, 1.54) is 25.3 Å². The summed E-state index contributed by atoms with van der Waals surface area (Å²) in [6.45, 7) is -2.73. The molecule has 1 amide bonds. The third-order valence-electron chi connectivity index (χ3n) is 7.16.